The average molecular weight is 519 g/mol. The molecule has 0 bridgehead atoms. The Morgan fingerprint density at radius 3 is 2.56 bits per heavy atom. The van der Waals surface area contributed by atoms with Crippen molar-refractivity contribution < 1.29 is 18.9 Å². The molecular formula is C22H14BrClFN3O4. The predicted molar refractivity (Wildman–Crippen MR) is 120 cm³/mol. The van der Waals surface area contributed by atoms with Gasteiger partial charge in [-0.05, 0) is 42.0 Å². The van der Waals surface area contributed by atoms with Gasteiger partial charge in [-0.25, -0.2) is 4.39 Å². The van der Waals surface area contributed by atoms with E-state index in [0.29, 0.717) is 21.3 Å². The van der Waals surface area contributed by atoms with Gasteiger partial charge in [0.05, 0.1) is 21.6 Å². The molecular weight excluding hydrogens is 505 g/mol. The summed E-state index contributed by atoms with van der Waals surface area (Å²) in [4.78, 5) is 38.1. The van der Waals surface area contributed by atoms with Crippen LogP contribution in [-0.4, -0.2) is 28.2 Å². The summed E-state index contributed by atoms with van der Waals surface area (Å²) in [6.07, 6.45) is 0. The van der Waals surface area contributed by atoms with Gasteiger partial charge < -0.3 is 10.2 Å². The second kappa shape index (κ2) is 8.68. The van der Waals surface area contributed by atoms with Gasteiger partial charge >= 0.3 is 0 Å². The molecule has 4 rings (SSSR count). The van der Waals surface area contributed by atoms with Crippen molar-refractivity contribution in [3.05, 3.63) is 103 Å². The summed E-state index contributed by atoms with van der Waals surface area (Å²) in [6.45, 7) is -0.341. The smallest absolute Gasteiger partial charge is 0.270 e. The Morgan fingerprint density at radius 1 is 1.16 bits per heavy atom. The molecule has 3 aromatic rings. The Hall–Kier alpha value is -3.30. The maximum absolute atomic E-state index is 13.6. The Labute approximate surface area is 195 Å². The van der Waals surface area contributed by atoms with Crippen LogP contribution >= 0.6 is 27.5 Å². The number of nitro benzene ring substituents is 1. The summed E-state index contributed by atoms with van der Waals surface area (Å²) in [6, 6.07) is 13.5. The maximum Gasteiger partial charge on any atom is 0.270 e. The number of nitro groups is 1. The summed E-state index contributed by atoms with van der Waals surface area (Å²) in [7, 11) is 0. The van der Waals surface area contributed by atoms with Crippen molar-refractivity contribution in [2.75, 3.05) is 11.9 Å². The van der Waals surface area contributed by atoms with Crippen LogP contribution in [0.1, 0.15) is 27.5 Å². The first-order valence-electron chi connectivity index (χ1n) is 9.34. The molecule has 32 heavy (non-hydrogen) atoms. The highest BCUT2D eigenvalue weighted by Crippen LogP contribution is 2.39. The number of carbonyl (C=O) groups excluding carboxylic acids is 2. The first kappa shape index (κ1) is 21.9. The van der Waals surface area contributed by atoms with Gasteiger partial charge in [0, 0.05) is 27.9 Å². The fourth-order valence-electron chi connectivity index (χ4n) is 3.62. The fourth-order valence-corrected chi connectivity index (χ4v) is 4.19. The van der Waals surface area contributed by atoms with E-state index >= 15 is 0 Å². The SMILES string of the molecule is O=C1CN(C(=O)c2cc([N+](=O)[O-])ccc2Cl)[C@@H](c2ccc(F)cc2)c2cc(Br)ccc2N1. The predicted octanol–water partition coefficient (Wildman–Crippen LogP) is 5.33. The van der Waals surface area contributed by atoms with Crippen LogP contribution in [0.5, 0.6) is 0 Å². The van der Waals surface area contributed by atoms with E-state index in [4.69, 9.17) is 11.6 Å². The van der Waals surface area contributed by atoms with E-state index in [1.165, 1.54) is 41.3 Å². The van der Waals surface area contributed by atoms with Crippen LogP contribution in [0.4, 0.5) is 15.8 Å². The van der Waals surface area contributed by atoms with Crippen LogP contribution in [0.25, 0.3) is 0 Å². The molecule has 162 valence electrons. The second-order valence-electron chi connectivity index (χ2n) is 7.09. The highest BCUT2D eigenvalue weighted by atomic mass is 79.9. The van der Waals surface area contributed by atoms with E-state index in [2.05, 4.69) is 21.2 Å². The van der Waals surface area contributed by atoms with Crippen LogP contribution in [0.2, 0.25) is 5.02 Å². The lowest BCUT2D eigenvalue weighted by molar-refractivity contribution is -0.384. The van der Waals surface area contributed by atoms with Gasteiger partial charge in [0.1, 0.15) is 12.4 Å². The molecule has 1 N–H and O–H groups in total. The van der Waals surface area contributed by atoms with Gasteiger partial charge in [-0.3, -0.25) is 19.7 Å². The van der Waals surface area contributed by atoms with Gasteiger partial charge in [-0.2, -0.15) is 0 Å². The number of nitrogens with zero attached hydrogens (tertiary/aromatic N) is 2. The van der Waals surface area contributed by atoms with Crippen LogP contribution in [0.15, 0.2) is 65.1 Å². The first-order chi connectivity index (χ1) is 15.2. The van der Waals surface area contributed by atoms with Crippen molar-refractivity contribution in [2.24, 2.45) is 0 Å². The minimum atomic E-state index is -0.787. The number of non-ortho nitro benzene ring substituents is 1. The first-order valence-corrected chi connectivity index (χ1v) is 10.5. The van der Waals surface area contributed by atoms with Crippen LogP contribution in [0.3, 0.4) is 0 Å². The lowest BCUT2D eigenvalue weighted by Crippen LogP contribution is -2.39. The summed E-state index contributed by atoms with van der Waals surface area (Å²) in [5.41, 5.74) is 1.22. The number of rotatable bonds is 3. The van der Waals surface area contributed by atoms with Crippen LogP contribution < -0.4 is 5.32 Å². The van der Waals surface area contributed by atoms with Crippen molar-refractivity contribution >= 4 is 50.7 Å². The van der Waals surface area contributed by atoms with E-state index in [9.17, 15) is 24.1 Å². The topological polar surface area (TPSA) is 92.5 Å². The Morgan fingerprint density at radius 2 is 1.88 bits per heavy atom. The third-order valence-electron chi connectivity index (χ3n) is 5.05. The zero-order valence-electron chi connectivity index (χ0n) is 16.2. The van der Waals surface area contributed by atoms with Crippen molar-refractivity contribution in [1.82, 2.24) is 4.90 Å². The second-order valence-corrected chi connectivity index (χ2v) is 8.41. The number of hydrogen-bond donors (Lipinski definition) is 1. The minimum Gasteiger partial charge on any atom is -0.324 e. The summed E-state index contributed by atoms with van der Waals surface area (Å²) in [5, 5.41) is 14.0. The zero-order chi connectivity index (χ0) is 23.0. The van der Waals surface area contributed by atoms with Gasteiger partial charge in [-0.1, -0.05) is 39.7 Å². The van der Waals surface area contributed by atoms with Crippen molar-refractivity contribution in [3.63, 3.8) is 0 Å². The summed E-state index contributed by atoms with van der Waals surface area (Å²) in [5.74, 6) is -1.57. The molecule has 0 saturated carbocycles. The van der Waals surface area contributed by atoms with E-state index in [1.807, 2.05) is 0 Å². The minimum absolute atomic E-state index is 0.0116. The number of anilines is 1. The largest absolute Gasteiger partial charge is 0.324 e. The molecule has 1 aliphatic heterocycles. The number of carbonyl (C=O) groups is 2. The van der Waals surface area contributed by atoms with Crippen LogP contribution in [-0.2, 0) is 4.79 Å². The third kappa shape index (κ3) is 4.21. The molecule has 3 aromatic carbocycles. The molecule has 0 radical (unpaired) electrons. The molecule has 0 aliphatic carbocycles. The van der Waals surface area contributed by atoms with E-state index in [-0.39, 0.29) is 22.8 Å². The molecule has 0 saturated heterocycles. The fraction of sp³-hybridized carbons (Fsp3) is 0.0909. The molecule has 10 heteroatoms. The monoisotopic (exact) mass is 517 g/mol. The lowest BCUT2D eigenvalue weighted by Gasteiger charge is -2.31. The highest BCUT2D eigenvalue weighted by Gasteiger charge is 2.35. The quantitative estimate of drug-likeness (QED) is 0.374. The average Bonchev–Trinajstić information content (AvgIpc) is 2.89. The number of hydrogen-bond acceptors (Lipinski definition) is 4. The lowest BCUT2D eigenvalue weighted by atomic mass is 9.95. The van der Waals surface area contributed by atoms with Gasteiger partial charge in [0.25, 0.3) is 11.6 Å². The molecule has 1 heterocycles. The van der Waals surface area contributed by atoms with Crippen molar-refractivity contribution in [3.8, 4) is 0 Å². The molecule has 0 unspecified atom stereocenters. The van der Waals surface area contributed by atoms with Gasteiger partial charge in [-0.15, -0.1) is 0 Å². The van der Waals surface area contributed by atoms with Gasteiger partial charge in [0.2, 0.25) is 5.91 Å². The Bertz CT molecular complexity index is 1250. The molecule has 0 fully saturated rings. The number of halogens is 3. The van der Waals surface area contributed by atoms with Crippen molar-refractivity contribution in [1.29, 1.82) is 0 Å². The molecule has 7 nitrogen and oxygen atoms in total. The number of fused-ring (bicyclic) bond motifs is 1. The van der Waals surface area contributed by atoms with Crippen LogP contribution in [0, 0.1) is 15.9 Å². The summed E-state index contributed by atoms with van der Waals surface area (Å²) < 4.78 is 14.3. The van der Waals surface area contributed by atoms with Gasteiger partial charge in [0.15, 0.2) is 0 Å². The summed E-state index contributed by atoms with van der Waals surface area (Å²) >= 11 is 9.61. The van der Waals surface area contributed by atoms with Crippen molar-refractivity contribution in [2.45, 2.75) is 6.04 Å². The maximum atomic E-state index is 13.6. The Kier molecular flexibility index (Phi) is 5.94. The molecule has 0 spiro atoms. The number of nitrogens with one attached hydrogen (secondary N) is 1. The van der Waals surface area contributed by atoms with E-state index in [0.717, 1.165) is 6.07 Å². The molecule has 1 aliphatic rings. The number of benzene rings is 3. The number of amides is 2. The highest BCUT2D eigenvalue weighted by molar-refractivity contribution is 9.10. The normalized spacial score (nSPS) is 15.5. The molecule has 2 amide bonds. The third-order valence-corrected chi connectivity index (χ3v) is 5.87. The standard InChI is InChI=1S/C22H14BrClFN3O4/c23-13-3-8-19-17(9-13)21(12-1-4-14(25)5-2-12)27(11-20(29)26-19)22(30)16-10-15(28(31)32)6-7-18(16)24/h1-10,21H,11H2,(H,26,29)/t21-/m0/s1. The zero-order valence-corrected chi connectivity index (χ0v) is 18.6. The van der Waals surface area contributed by atoms with E-state index < -0.39 is 28.6 Å². The molecule has 1 atom stereocenters. The molecule has 0 aromatic heterocycles. The van der Waals surface area contributed by atoms with E-state index in [1.54, 1.807) is 18.2 Å². The Balaban J connectivity index is 1.91.